The summed E-state index contributed by atoms with van der Waals surface area (Å²) in [5.41, 5.74) is 3.46. The minimum Gasteiger partial charge on any atom is -0.289 e. The second-order valence-electron chi connectivity index (χ2n) is 9.19. The van der Waals surface area contributed by atoms with E-state index in [9.17, 15) is 25.0 Å². The molecule has 2 aromatic heterocycles. The standard InChI is InChI=1S/C29H22N2O5S2/c1-18-14-21(16-25-10-12-27(37-25)19-2-6-23(7-3-19)30(33)34)29(32)22(15-18)17-26-11-13-28(38-26)20-4-8-24(9-5-20)31(35)36/h2-13,16-18H,14-15H2,1H3. The topological polar surface area (TPSA) is 103 Å². The third-order valence-electron chi connectivity index (χ3n) is 6.33. The lowest BCUT2D eigenvalue weighted by Crippen LogP contribution is -2.17. The fourth-order valence-corrected chi connectivity index (χ4v) is 6.44. The van der Waals surface area contributed by atoms with Crippen molar-refractivity contribution in [1.29, 1.82) is 0 Å². The highest BCUT2D eigenvalue weighted by atomic mass is 32.1. The Morgan fingerprint density at radius 1 is 0.684 bits per heavy atom. The number of nitro benzene ring substituents is 2. The monoisotopic (exact) mass is 542 g/mol. The number of nitro groups is 2. The van der Waals surface area contributed by atoms with Gasteiger partial charge in [0.15, 0.2) is 5.78 Å². The van der Waals surface area contributed by atoms with Crippen molar-refractivity contribution in [2.75, 3.05) is 0 Å². The van der Waals surface area contributed by atoms with E-state index in [4.69, 9.17) is 0 Å². The maximum Gasteiger partial charge on any atom is 0.269 e. The second kappa shape index (κ2) is 10.6. The maximum atomic E-state index is 13.4. The fraction of sp³-hybridized carbons (Fsp3) is 0.138. The molecular formula is C29H22N2O5S2. The van der Waals surface area contributed by atoms with Crippen LogP contribution < -0.4 is 0 Å². The van der Waals surface area contributed by atoms with Crippen molar-refractivity contribution in [3.8, 4) is 20.9 Å². The van der Waals surface area contributed by atoms with Gasteiger partial charge in [-0.25, -0.2) is 0 Å². The molecule has 0 bridgehead atoms. The molecule has 190 valence electrons. The molecule has 0 N–H and O–H groups in total. The van der Waals surface area contributed by atoms with Gasteiger partial charge in [-0.15, -0.1) is 22.7 Å². The summed E-state index contributed by atoms with van der Waals surface area (Å²) in [5.74, 6) is 0.382. The van der Waals surface area contributed by atoms with Gasteiger partial charge < -0.3 is 0 Å². The maximum absolute atomic E-state index is 13.4. The number of ketones is 1. The highest BCUT2D eigenvalue weighted by molar-refractivity contribution is 7.16. The van der Waals surface area contributed by atoms with Gasteiger partial charge in [0.25, 0.3) is 11.4 Å². The van der Waals surface area contributed by atoms with E-state index >= 15 is 0 Å². The summed E-state index contributed by atoms with van der Waals surface area (Å²) in [4.78, 5) is 38.3. The normalized spacial score (nSPS) is 17.7. The second-order valence-corrected chi connectivity index (χ2v) is 11.4. The van der Waals surface area contributed by atoms with Crippen molar-refractivity contribution in [3.05, 3.63) is 114 Å². The molecule has 9 heteroatoms. The van der Waals surface area contributed by atoms with Crippen molar-refractivity contribution in [3.63, 3.8) is 0 Å². The van der Waals surface area contributed by atoms with Gasteiger partial charge in [-0.05, 0) is 90.6 Å². The lowest BCUT2D eigenvalue weighted by Gasteiger charge is -2.22. The molecule has 0 saturated heterocycles. The van der Waals surface area contributed by atoms with Gasteiger partial charge in [-0.2, -0.15) is 0 Å². The Morgan fingerprint density at radius 3 is 1.45 bits per heavy atom. The molecule has 0 spiro atoms. The van der Waals surface area contributed by atoms with E-state index in [2.05, 4.69) is 6.92 Å². The summed E-state index contributed by atoms with van der Waals surface area (Å²) in [6.45, 7) is 2.14. The number of carbonyl (C=O) groups is 1. The van der Waals surface area contributed by atoms with Crippen LogP contribution in [0.5, 0.6) is 0 Å². The third kappa shape index (κ3) is 5.53. The number of thiophene rings is 2. The van der Waals surface area contributed by atoms with Gasteiger partial charge in [0.1, 0.15) is 0 Å². The Labute approximate surface area is 226 Å². The molecule has 1 saturated carbocycles. The Morgan fingerprint density at radius 2 is 1.08 bits per heavy atom. The Balaban J connectivity index is 1.35. The zero-order valence-corrected chi connectivity index (χ0v) is 22.0. The minimum atomic E-state index is -0.415. The van der Waals surface area contributed by atoms with Crippen LogP contribution in [0.15, 0.2) is 83.9 Å². The molecule has 38 heavy (non-hydrogen) atoms. The summed E-state index contributed by atoms with van der Waals surface area (Å²) in [6, 6.07) is 20.8. The van der Waals surface area contributed by atoms with E-state index in [0.29, 0.717) is 18.8 Å². The number of carbonyl (C=O) groups excluding carboxylic acids is 1. The number of rotatable bonds is 6. The molecule has 0 amide bonds. The first-order valence-corrected chi connectivity index (χ1v) is 13.6. The molecule has 1 fully saturated rings. The molecular weight excluding hydrogens is 520 g/mol. The van der Waals surface area contributed by atoms with Gasteiger partial charge in [0, 0.05) is 54.9 Å². The number of hydrogen-bond acceptors (Lipinski definition) is 7. The molecule has 5 rings (SSSR count). The SMILES string of the molecule is CC1CC(=Cc2ccc(-c3ccc([N+](=O)[O-])cc3)s2)C(=O)C(=Cc2ccc(-c3ccc([N+](=O)[O-])cc3)s2)C1. The molecule has 4 aromatic rings. The van der Waals surface area contributed by atoms with Crippen LogP contribution in [0.3, 0.4) is 0 Å². The first-order chi connectivity index (χ1) is 18.3. The Kier molecular flexibility index (Phi) is 7.13. The van der Waals surface area contributed by atoms with Crippen LogP contribution in [-0.4, -0.2) is 15.6 Å². The van der Waals surface area contributed by atoms with Crippen molar-refractivity contribution in [2.45, 2.75) is 19.8 Å². The predicted molar refractivity (Wildman–Crippen MR) is 152 cm³/mol. The molecule has 1 aliphatic rings. The number of Topliss-reactive ketones (excluding diaryl/α,β-unsaturated/α-hetero) is 1. The number of benzene rings is 2. The quantitative estimate of drug-likeness (QED) is 0.138. The smallest absolute Gasteiger partial charge is 0.269 e. The van der Waals surface area contributed by atoms with E-state index < -0.39 is 9.85 Å². The zero-order chi connectivity index (χ0) is 26.8. The largest absolute Gasteiger partial charge is 0.289 e. The zero-order valence-electron chi connectivity index (χ0n) is 20.3. The summed E-state index contributed by atoms with van der Waals surface area (Å²) in [6.07, 6.45) is 5.34. The van der Waals surface area contributed by atoms with Crippen molar-refractivity contribution in [1.82, 2.24) is 0 Å². The van der Waals surface area contributed by atoms with Crippen molar-refractivity contribution in [2.24, 2.45) is 5.92 Å². The predicted octanol–water partition coefficient (Wildman–Crippen LogP) is 8.43. The van der Waals surface area contributed by atoms with Crippen LogP contribution >= 0.6 is 22.7 Å². The molecule has 2 heterocycles. The molecule has 0 unspecified atom stereocenters. The van der Waals surface area contributed by atoms with E-state index in [1.807, 2.05) is 36.4 Å². The van der Waals surface area contributed by atoms with Crippen LogP contribution in [0.25, 0.3) is 33.0 Å². The van der Waals surface area contributed by atoms with E-state index in [1.165, 1.54) is 24.3 Å². The fourth-order valence-electron chi connectivity index (χ4n) is 4.47. The first-order valence-electron chi connectivity index (χ1n) is 11.9. The lowest BCUT2D eigenvalue weighted by molar-refractivity contribution is -0.385. The number of nitrogens with zero attached hydrogens (tertiary/aromatic N) is 2. The number of non-ortho nitro benzene ring substituents is 2. The highest BCUT2D eigenvalue weighted by Gasteiger charge is 2.25. The number of hydrogen-bond donors (Lipinski definition) is 0. The van der Waals surface area contributed by atoms with Crippen LogP contribution in [0, 0.1) is 26.1 Å². The molecule has 0 radical (unpaired) electrons. The number of allylic oxidation sites excluding steroid dienone is 2. The van der Waals surface area contributed by atoms with E-state index in [0.717, 1.165) is 41.8 Å². The summed E-state index contributed by atoms with van der Waals surface area (Å²) >= 11 is 3.10. The highest BCUT2D eigenvalue weighted by Crippen LogP contribution is 2.37. The lowest BCUT2D eigenvalue weighted by atomic mass is 9.81. The molecule has 0 aliphatic heterocycles. The van der Waals surface area contributed by atoms with E-state index in [-0.39, 0.29) is 17.2 Å². The summed E-state index contributed by atoms with van der Waals surface area (Å²) < 4.78 is 0. The van der Waals surface area contributed by atoms with Crippen LogP contribution in [0.2, 0.25) is 0 Å². The minimum absolute atomic E-state index is 0.0543. The summed E-state index contributed by atoms with van der Waals surface area (Å²) in [5, 5.41) is 21.8. The third-order valence-corrected chi connectivity index (χ3v) is 8.49. The summed E-state index contributed by atoms with van der Waals surface area (Å²) in [7, 11) is 0. The first kappa shape index (κ1) is 25.4. The Bertz CT molecular complexity index is 1480. The van der Waals surface area contributed by atoms with Crippen LogP contribution in [0.1, 0.15) is 29.5 Å². The molecule has 2 aromatic carbocycles. The molecule has 0 atom stereocenters. The van der Waals surface area contributed by atoms with Gasteiger partial charge in [-0.3, -0.25) is 25.0 Å². The van der Waals surface area contributed by atoms with Gasteiger partial charge in [-0.1, -0.05) is 6.92 Å². The van der Waals surface area contributed by atoms with Crippen molar-refractivity contribution < 1.29 is 14.6 Å². The molecule has 1 aliphatic carbocycles. The van der Waals surface area contributed by atoms with Gasteiger partial charge in [0.05, 0.1) is 9.85 Å². The van der Waals surface area contributed by atoms with Crippen LogP contribution in [-0.2, 0) is 4.79 Å². The average molecular weight is 543 g/mol. The van der Waals surface area contributed by atoms with Crippen molar-refractivity contribution >= 4 is 52.0 Å². The van der Waals surface area contributed by atoms with Gasteiger partial charge in [0.2, 0.25) is 0 Å². The van der Waals surface area contributed by atoms with Gasteiger partial charge >= 0.3 is 0 Å². The van der Waals surface area contributed by atoms with Crippen LogP contribution in [0.4, 0.5) is 11.4 Å². The molecule has 7 nitrogen and oxygen atoms in total. The Hall–Kier alpha value is -4.21. The average Bonchev–Trinajstić information content (AvgIpc) is 3.57. The van der Waals surface area contributed by atoms with E-state index in [1.54, 1.807) is 46.9 Å².